The van der Waals surface area contributed by atoms with E-state index in [0.717, 1.165) is 37.8 Å². The zero-order valence-corrected chi connectivity index (χ0v) is 10.2. The first-order valence-corrected chi connectivity index (χ1v) is 5.69. The number of halogens is 1. The van der Waals surface area contributed by atoms with Gasteiger partial charge in [0.1, 0.15) is 5.75 Å². The van der Waals surface area contributed by atoms with Crippen molar-refractivity contribution >= 4 is 12.4 Å². The molecular weight excluding hydrogens is 224 g/mol. The lowest BCUT2D eigenvalue weighted by atomic mass is 9.95. The highest BCUT2D eigenvalue weighted by atomic mass is 35.5. The number of hydrogen-bond donors (Lipinski definition) is 1. The van der Waals surface area contributed by atoms with Gasteiger partial charge in [0.25, 0.3) is 0 Å². The van der Waals surface area contributed by atoms with Crippen molar-refractivity contribution in [1.29, 1.82) is 0 Å². The highest BCUT2D eigenvalue weighted by molar-refractivity contribution is 5.85. The summed E-state index contributed by atoms with van der Waals surface area (Å²) in [6.45, 7) is 3.14. The molecule has 0 radical (unpaired) electrons. The van der Waals surface area contributed by atoms with Gasteiger partial charge in [-0.1, -0.05) is 0 Å². The molecule has 1 aromatic heterocycles. The zero-order valence-electron chi connectivity index (χ0n) is 9.39. The minimum absolute atomic E-state index is 0. The second kappa shape index (κ2) is 7.47. The maximum atomic E-state index is 5.63. The molecule has 0 unspecified atom stereocenters. The van der Waals surface area contributed by atoms with Crippen LogP contribution in [0.25, 0.3) is 0 Å². The van der Waals surface area contributed by atoms with Gasteiger partial charge in [0.05, 0.1) is 12.8 Å². The molecule has 1 aliphatic heterocycles. The van der Waals surface area contributed by atoms with Crippen molar-refractivity contribution in [2.75, 3.05) is 19.7 Å². The Morgan fingerprint density at radius 2 is 2.19 bits per heavy atom. The Hall–Kier alpha value is -0.800. The first-order chi connectivity index (χ1) is 7.45. The number of nitrogens with zero attached hydrogens (tertiary/aromatic N) is 1. The summed E-state index contributed by atoms with van der Waals surface area (Å²) in [6.07, 6.45) is 7.27. The summed E-state index contributed by atoms with van der Waals surface area (Å²) in [5.41, 5.74) is 0. The molecule has 0 bridgehead atoms. The van der Waals surface area contributed by atoms with Gasteiger partial charge in [0.15, 0.2) is 0 Å². The largest absolute Gasteiger partial charge is 0.492 e. The molecule has 1 N–H and O–H groups in total. The van der Waals surface area contributed by atoms with Crippen LogP contribution in [0.1, 0.15) is 19.3 Å². The van der Waals surface area contributed by atoms with Crippen LogP contribution < -0.4 is 10.1 Å². The van der Waals surface area contributed by atoms with E-state index in [0.29, 0.717) is 0 Å². The molecule has 0 spiro atoms. The predicted molar refractivity (Wildman–Crippen MR) is 67.2 cm³/mol. The van der Waals surface area contributed by atoms with E-state index in [4.69, 9.17) is 4.74 Å². The number of pyridine rings is 1. The lowest BCUT2D eigenvalue weighted by Crippen LogP contribution is -2.28. The van der Waals surface area contributed by atoms with Crippen LogP contribution in [0.3, 0.4) is 0 Å². The number of hydrogen-bond acceptors (Lipinski definition) is 3. The molecule has 0 saturated carbocycles. The Kier molecular flexibility index (Phi) is 6.19. The topological polar surface area (TPSA) is 34.1 Å². The standard InChI is InChI=1S/C12H18N2O.ClH/c1-2-12(10-14-6-1)15-9-5-11-3-7-13-8-4-11;/h1-2,6,10-11,13H,3-5,7-9H2;1H. The molecule has 1 fully saturated rings. The maximum absolute atomic E-state index is 5.63. The average Bonchev–Trinajstić information content (AvgIpc) is 2.32. The normalized spacial score (nSPS) is 16.5. The maximum Gasteiger partial charge on any atom is 0.137 e. The van der Waals surface area contributed by atoms with Gasteiger partial charge >= 0.3 is 0 Å². The van der Waals surface area contributed by atoms with Gasteiger partial charge in [0, 0.05) is 6.20 Å². The summed E-state index contributed by atoms with van der Waals surface area (Å²) in [5, 5.41) is 3.37. The smallest absolute Gasteiger partial charge is 0.137 e. The SMILES string of the molecule is Cl.c1cncc(OCCC2CCNCC2)c1. The van der Waals surface area contributed by atoms with E-state index in [2.05, 4.69) is 10.3 Å². The van der Waals surface area contributed by atoms with E-state index in [9.17, 15) is 0 Å². The summed E-state index contributed by atoms with van der Waals surface area (Å²) in [7, 11) is 0. The van der Waals surface area contributed by atoms with Crippen LogP contribution in [-0.2, 0) is 0 Å². The van der Waals surface area contributed by atoms with Crippen molar-refractivity contribution in [2.45, 2.75) is 19.3 Å². The van der Waals surface area contributed by atoms with E-state index in [-0.39, 0.29) is 12.4 Å². The van der Waals surface area contributed by atoms with Crippen molar-refractivity contribution in [2.24, 2.45) is 5.92 Å². The lowest BCUT2D eigenvalue weighted by molar-refractivity contribution is 0.251. The van der Waals surface area contributed by atoms with Gasteiger partial charge in [-0.15, -0.1) is 12.4 Å². The van der Waals surface area contributed by atoms with Crippen molar-refractivity contribution in [3.63, 3.8) is 0 Å². The monoisotopic (exact) mass is 242 g/mol. The summed E-state index contributed by atoms with van der Waals surface area (Å²) in [4.78, 5) is 4.02. The molecular formula is C12H19ClN2O. The highest BCUT2D eigenvalue weighted by Crippen LogP contribution is 2.16. The van der Waals surface area contributed by atoms with Crippen molar-refractivity contribution in [3.05, 3.63) is 24.5 Å². The van der Waals surface area contributed by atoms with Crippen LogP contribution in [0.4, 0.5) is 0 Å². The quantitative estimate of drug-likeness (QED) is 0.880. The predicted octanol–water partition coefficient (Wildman–Crippen LogP) is 2.27. The van der Waals surface area contributed by atoms with Gasteiger partial charge in [0.2, 0.25) is 0 Å². The third-order valence-corrected chi connectivity index (χ3v) is 2.89. The minimum atomic E-state index is 0. The molecule has 0 aromatic carbocycles. The van der Waals surface area contributed by atoms with E-state index in [1.165, 1.54) is 12.8 Å². The number of nitrogens with one attached hydrogen (secondary N) is 1. The molecule has 1 aliphatic rings. The van der Waals surface area contributed by atoms with Gasteiger partial charge in [-0.05, 0) is 50.4 Å². The molecule has 2 heterocycles. The molecule has 0 amide bonds. The van der Waals surface area contributed by atoms with Crippen LogP contribution in [0, 0.1) is 5.92 Å². The fourth-order valence-corrected chi connectivity index (χ4v) is 1.95. The van der Waals surface area contributed by atoms with Crippen molar-refractivity contribution < 1.29 is 4.74 Å². The zero-order chi connectivity index (χ0) is 10.3. The number of piperidine rings is 1. The molecule has 16 heavy (non-hydrogen) atoms. The highest BCUT2D eigenvalue weighted by Gasteiger charge is 2.12. The molecule has 0 aliphatic carbocycles. The fourth-order valence-electron chi connectivity index (χ4n) is 1.95. The number of aromatic nitrogens is 1. The van der Waals surface area contributed by atoms with Crippen LogP contribution in [0.5, 0.6) is 5.75 Å². The van der Waals surface area contributed by atoms with E-state index in [1.54, 1.807) is 12.4 Å². The second-order valence-electron chi connectivity index (χ2n) is 4.02. The lowest BCUT2D eigenvalue weighted by Gasteiger charge is -2.22. The van der Waals surface area contributed by atoms with Crippen LogP contribution in [0.15, 0.2) is 24.5 Å². The van der Waals surface area contributed by atoms with Crippen molar-refractivity contribution in [3.8, 4) is 5.75 Å². The summed E-state index contributed by atoms with van der Waals surface area (Å²) in [5.74, 6) is 1.72. The Bertz CT molecular complexity index is 276. The molecule has 1 aromatic rings. The van der Waals surface area contributed by atoms with Crippen LogP contribution in [0.2, 0.25) is 0 Å². The van der Waals surface area contributed by atoms with E-state index in [1.807, 2.05) is 12.1 Å². The Balaban J connectivity index is 0.00000128. The molecule has 2 rings (SSSR count). The van der Waals surface area contributed by atoms with Crippen LogP contribution >= 0.6 is 12.4 Å². The Morgan fingerprint density at radius 1 is 1.38 bits per heavy atom. The third-order valence-electron chi connectivity index (χ3n) is 2.89. The summed E-state index contributed by atoms with van der Waals surface area (Å²) >= 11 is 0. The molecule has 4 heteroatoms. The van der Waals surface area contributed by atoms with Crippen LogP contribution in [-0.4, -0.2) is 24.7 Å². The second-order valence-corrected chi connectivity index (χ2v) is 4.02. The molecule has 3 nitrogen and oxygen atoms in total. The number of ether oxygens (including phenoxy) is 1. The molecule has 1 saturated heterocycles. The van der Waals surface area contributed by atoms with Gasteiger partial charge in [-0.3, -0.25) is 4.98 Å². The molecule has 90 valence electrons. The summed E-state index contributed by atoms with van der Waals surface area (Å²) < 4.78 is 5.63. The van der Waals surface area contributed by atoms with Crippen molar-refractivity contribution in [1.82, 2.24) is 10.3 Å². The number of rotatable bonds is 4. The first kappa shape index (κ1) is 13.3. The van der Waals surface area contributed by atoms with E-state index < -0.39 is 0 Å². The van der Waals surface area contributed by atoms with Gasteiger partial charge in [-0.25, -0.2) is 0 Å². The molecule has 0 atom stereocenters. The first-order valence-electron chi connectivity index (χ1n) is 5.69. The van der Waals surface area contributed by atoms with E-state index >= 15 is 0 Å². The van der Waals surface area contributed by atoms with Gasteiger partial charge < -0.3 is 10.1 Å². The third kappa shape index (κ3) is 4.37. The Morgan fingerprint density at radius 3 is 2.88 bits per heavy atom. The van der Waals surface area contributed by atoms with Gasteiger partial charge in [-0.2, -0.15) is 0 Å². The Labute approximate surface area is 103 Å². The summed E-state index contributed by atoms with van der Waals surface area (Å²) in [6, 6.07) is 3.86. The average molecular weight is 243 g/mol. The fraction of sp³-hybridized carbons (Fsp3) is 0.583. The minimum Gasteiger partial charge on any atom is -0.492 e.